The van der Waals surface area contributed by atoms with Gasteiger partial charge < -0.3 is 4.90 Å². The van der Waals surface area contributed by atoms with E-state index >= 15 is 0 Å². The van der Waals surface area contributed by atoms with Crippen molar-refractivity contribution in [1.29, 1.82) is 0 Å². The van der Waals surface area contributed by atoms with Crippen LogP contribution in [0.15, 0.2) is 42.5 Å². The van der Waals surface area contributed by atoms with Crippen LogP contribution in [0.3, 0.4) is 0 Å². The number of hydrogen-bond acceptors (Lipinski definition) is 1. The zero-order chi connectivity index (χ0) is 15.2. The van der Waals surface area contributed by atoms with Gasteiger partial charge in [0.2, 0.25) is 0 Å². The number of rotatable bonds is 6. The average molecular weight is 310 g/mol. The second-order valence-electron chi connectivity index (χ2n) is 5.00. The minimum absolute atomic E-state index is 0.430. The standard InChI is InChI=1S/C17H18ClF2N/c1-2-3-10-21(12-13-4-6-14(18)7-5-13)17-9-8-15(19)11-16(17)20/h4-9,11H,2-3,10,12H2,1H3. The van der Waals surface area contributed by atoms with Crippen LogP contribution in [0.1, 0.15) is 25.3 Å². The second kappa shape index (κ2) is 7.41. The molecule has 112 valence electrons. The molecule has 0 fully saturated rings. The second-order valence-corrected chi connectivity index (χ2v) is 5.43. The fraction of sp³-hybridized carbons (Fsp3) is 0.294. The molecule has 0 spiro atoms. The molecular weight excluding hydrogens is 292 g/mol. The van der Waals surface area contributed by atoms with Gasteiger partial charge >= 0.3 is 0 Å². The lowest BCUT2D eigenvalue weighted by Gasteiger charge is -2.25. The largest absolute Gasteiger partial charge is 0.365 e. The molecule has 0 aromatic heterocycles. The molecular formula is C17H18ClF2N. The van der Waals surface area contributed by atoms with Gasteiger partial charge in [0.05, 0.1) is 5.69 Å². The molecule has 2 aromatic rings. The molecule has 0 N–H and O–H groups in total. The van der Waals surface area contributed by atoms with Crippen molar-refractivity contribution in [2.45, 2.75) is 26.3 Å². The Labute approximate surface area is 129 Å². The van der Waals surface area contributed by atoms with Crippen LogP contribution in [0.5, 0.6) is 0 Å². The van der Waals surface area contributed by atoms with Crippen LogP contribution in [0.2, 0.25) is 5.02 Å². The Kier molecular flexibility index (Phi) is 5.57. The van der Waals surface area contributed by atoms with Crippen molar-refractivity contribution in [3.8, 4) is 0 Å². The highest BCUT2D eigenvalue weighted by atomic mass is 35.5. The molecule has 0 atom stereocenters. The molecule has 4 heteroatoms. The molecule has 0 aliphatic rings. The van der Waals surface area contributed by atoms with Crippen LogP contribution in [-0.2, 0) is 6.54 Å². The van der Waals surface area contributed by atoms with Crippen molar-refractivity contribution in [2.24, 2.45) is 0 Å². The highest BCUT2D eigenvalue weighted by molar-refractivity contribution is 6.30. The summed E-state index contributed by atoms with van der Waals surface area (Å²) in [6, 6.07) is 11.2. The summed E-state index contributed by atoms with van der Waals surface area (Å²) in [5.41, 5.74) is 1.47. The highest BCUT2D eigenvalue weighted by Gasteiger charge is 2.12. The van der Waals surface area contributed by atoms with Crippen molar-refractivity contribution in [1.82, 2.24) is 0 Å². The van der Waals surface area contributed by atoms with E-state index in [0.29, 0.717) is 17.3 Å². The topological polar surface area (TPSA) is 3.24 Å². The van der Waals surface area contributed by atoms with Gasteiger partial charge in [0.1, 0.15) is 11.6 Å². The van der Waals surface area contributed by atoms with Crippen LogP contribution in [-0.4, -0.2) is 6.54 Å². The van der Waals surface area contributed by atoms with Gasteiger partial charge in [-0.3, -0.25) is 0 Å². The Balaban J connectivity index is 2.22. The number of anilines is 1. The van der Waals surface area contributed by atoms with Crippen LogP contribution in [0.25, 0.3) is 0 Å². The predicted octanol–water partition coefficient (Wildman–Crippen LogP) is 5.42. The molecule has 2 aromatic carbocycles. The molecule has 21 heavy (non-hydrogen) atoms. The third-order valence-electron chi connectivity index (χ3n) is 3.32. The van der Waals surface area contributed by atoms with E-state index in [9.17, 15) is 8.78 Å². The Morgan fingerprint density at radius 3 is 2.38 bits per heavy atom. The molecule has 0 saturated carbocycles. The lowest BCUT2D eigenvalue weighted by atomic mass is 10.1. The summed E-state index contributed by atoms with van der Waals surface area (Å²) < 4.78 is 27.1. The monoisotopic (exact) mass is 309 g/mol. The molecule has 0 bridgehead atoms. The van der Waals surface area contributed by atoms with E-state index < -0.39 is 11.6 Å². The van der Waals surface area contributed by atoms with Gasteiger partial charge in [-0.05, 0) is 36.2 Å². The van der Waals surface area contributed by atoms with Crippen molar-refractivity contribution >= 4 is 17.3 Å². The fourth-order valence-corrected chi connectivity index (χ4v) is 2.31. The van der Waals surface area contributed by atoms with Gasteiger partial charge in [0, 0.05) is 24.2 Å². The van der Waals surface area contributed by atoms with Gasteiger partial charge in [-0.2, -0.15) is 0 Å². The van der Waals surface area contributed by atoms with Crippen molar-refractivity contribution in [2.75, 3.05) is 11.4 Å². The first-order valence-electron chi connectivity index (χ1n) is 7.04. The van der Waals surface area contributed by atoms with Crippen molar-refractivity contribution in [3.63, 3.8) is 0 Å². The molecule has 0 heterocycles. The molecule has 0 amide bonds. The van der Waals surface area contributed by atoms with Crippen LogP contribution >= 0.6 is 11.6 Å². The van der Waals surface area contributed by atoms with Crippen LogP contribution in [0.4, 0.5) is 14.5 Å². The zero-order valence-corrected chi connectivity index (χ0v) is 12.7. The van der Waals surface area contributed by atoms with E-state index in [1.807, 2.05) is 29.2 Å². The summed E-state index contributed by atoms with van der Waals surface area (Å²) in [5.74, 6) is -1.08. The SMILES string of the molecule is CCCCN(Cc1ccc(Cl)cc1)c1ccc(F)cc1F. The minimum Gasteiger partial charge on any atom is -0.365 e. The number of unbranched alkanes of at least 4 members (excludes halogenated alkanes) is 1. The zero-order valence-electron chi connectivity index (χ0n) is 12.0. The number of nitrogens with zero attached hydrogens (tertiary/aromatic N) is 1. The normalized spacial score (nSPS) is 10.7. The maximum atomic E-state index is 14.0. The highest BCUT2D eigenvalue weighted by Crippen LogP contribution is 2.23. The molecule has 0 aliphatic heterocycles. The van der Waals surface area contributed by atoms with Crippen molar-refractivity contribution in [3.05, 3.63) is 64.7 Å². The smallest absolute Gasteiger partial charge is 0.149 e. The molecule has 0 radical (unpaired) electrons. The van der Waals surface area contributed by atoms with Gasteiger partial charge in [-0.1, -0.05) is 37.1 Å². The Morgan fingerprint density at radius 2 is 1.76 bits per heavy atom. The first-order chi connectivity index (χ1) is 10.1. The minimum atomic E-state index is -0.557. The van der Waals surface area contributed by atoms with Gasteiger partial charge in [0.25, 0.3) is 0 Å². The van der Waals surface area contributed by atoms with E-state index in [2.05, 4.69) is 6.92 Å². The third-order valence-corrected chi connectivity index (χ3v) is 3.57. The van der Waals surface area contributed by atoms with Gasteiger partial charge in [-0.15, -0.1) is 0 Å². The Morgan fingerprint density at radius 1 is 1.05 bits per heavy atom. The number of benzene rings is 2. The molecule has 1 nitrogen and oxygen atoms in total. The van der Waals surface area contributed by atoms with E-state index in [4.69, 9.17) is 11.6 Å². The average Bonchev–Trinajstić information content (AvgIpc) is 2.46. The van der Waals surface area contributed by atoms with Gasteiger partial charge in [-0.25, -0.2) is 8.78 Å². The molecule has 0 aliphatic carbocycles. The maximum Gasteiger partial charge on any atom is 0.149 e. The first kappa shape index (κ1) is 15.8. The molecule has 2 rings (SSSR count). The first-order valence-corrected chi connectivity index (χ1v) is 7.42. The summed E-state index contributed by atoms with van der Waals surface area (Å²) in [6.07, 6.45) is 1.96. The number of hydrogen-bond donors (Lipinski definition) is 0. The lowest BCUT2D eigenvalue weighted by molar-refractivity contribution is 0.575. The lowest BCUT2D eigenvalue weighted by Crippen LogP contribution is -2.24. The van der Waals surface area contributed by atoms with E-state index in [-0.39, 0.29) is 0 Å². The summed E-state index contributed by atoms with van der Waals surface area (Å²) in [4.78, 5) is 1.93. The fourth-order valence-electron chi connectivity index (χ4n) is 2.18. The quantitative estimate of drug-likeness (QED) is 0.688. The molecule has 0 saturated heterocycles. The summed E-state index contributed by atoms with van der Waals surface area (Å²) >= 11 is 5.88. The van der Waals surface area contributed by atoms with Crippen molar-refractivity contribution < 1.29 is 8.78 Å². The van der Waals surface area contributed by atoms with Crippen LogP contribution in [0, 0.1) is 11.6 Å². The van der Waals surface area contributed by atoms with Crippen LogP contribution < -0.4 is 4.90 Å². The van der Waals surface area contributed by atoms with Gasteiger partial charge in [0.15, 0.2) is 0 Å². The summed E-state index contributed by atoms with van der Waals surface area (Å²) in [7, 11) is 0. The number of halogens is 3. The molecule has 0 unspecified atom stereocenters. The van der Waals surface area contributed by atoms with E-state index in [1.165, 1.54) is 12.1 Å². The van der Waals surface area contributed by atoms with E-state index in [0.717, 1.165) is 31.0 Å². The summed E-state index contributed by atoms with van der Waals surface area (Å²) in [5, 5.41) is 0.673. The third kappa shape index (κ3) is 4.43. The Bertz CT molecular complexity index is 584. The summed E-state index contributed by atoms with van der Waals surface area (Å²) in [6.45, 7) is 3.38. The van der Waals surface area contributed by atoms with E-state index in [1.54, 1.807) is 0 Å². The Hall–Kier alpha value is -1.61. The maximum absolute atomic E-state index is 14.0. The predicted molar refractivity (Wildman–Crippen MR) is 83.8 cm³/mol.